The molecule has 1 fully saturated rings. The number of fused-ring (bicyclic) bond motifs is 1. The van der Waals surface area contributed by atoms with Gasteiger partial charge in [0.2, 0.25) is 12.0 Å². The number of esters is 1. The minimum absolute atomic E-state index is 0.00640. The third-order valence-corrected chi connectivity index (χ3v) is 6.88. The van der Waals surface area contributed by atoms with Crippen molar-refractivity contribution in [2.75, 3.05) is 13.7 Å². The van der Waals surface area contributed by atoms with Crippen molar-refractivity contribution in [1.82, 2.24) is 0 Å². The smallest absolute Gasteiger partial charge is 0.330 e. The Morgan fingerprint density at radius 3 is 2.23 bits per heavy atom. The van der Waals surface area contributed by atoms with Gasteiger partial charge in [0.15, 0.2) is 16.9 Å². The third-order valence-electron chi connectivity index (χ3n) is 6.88. The van der Waals surface area contributed by atoms with E-state index in [4.69, 9.17) is 23.4 Å². The fourth-order valence-electron chi connectivity index (χ4n) is 4.55. The molecule has 1 aliphatic heterocycles. The number of methoxy groups -OCH3 is 1. The molecule has 0 unspecified atom stereocenters. The lowest BCUT2D eigenvalue weighted by Gasteiger charge is -2.40. The van der Waals surface area contributed by atoms with Gasteiger partial charge in [0.05, 0.1) is 7.11 Å². The lowest BCUT2D eigenvalue weighted by molar-refractivity contribution is -0.278. The molecule has 230 valence electrons. The van der Waals surface area contributed by atoms with E-state index in [-0.39, 0.29) is 39.7 Å². The van der Waals surface area contributed by atoms with Crippen molar-refractivity contribution in [3.8, 4) is 40.1 Å². The monoisotopic (exact) mass is 608 g/mol. The summed E-state index contributed by atoms with van der Waals surface area (Å²) in [5.74, 6) is -1.79. The zero-order valence-electron chi connectivity index (χ0n) is 23.1. The van der Waals surface area contributed by atoms with Gasteiger partial charge in [-0.2, -0.15) is 0 Å². The molecule has 6 N–H and O–H groups in total. The normalized spacial score (nSPS) is 21.8. The van der Waals surface area contributed by atoms with Crippen molar-refractivity contribution in [2.24, 2.45) is 0 Å². The van der Waals surface area contributed by atoms with Crippen LogP contribution in [0, 0.1) is 0 Å². The molecule has 4 aromatic rings. The topological polar surface area (TPSA) is 206 Å². The standard InChI is InChI=1S/C31H28O13/c1-40-30-22(13-21-25(27(30)37)19(34)12-20(42-21)16-5-9-18(33)10-6-16)43-31-29(39)28(38)26(36)23(44-31)14-41-24(35)11-4-15-2-7-17(32)8-3-15/h2-13,23,26,28-29,31-33,36-39H,14H2,1H3/b11-4+/t23-,26-,28-,29+,31+/m1/s1. The molecule has 1 aliphatic rings. The summed E-state index contributed by atoms with van der Waals surface area (Å²) >= 11 is 0. The molecular weight excluding hydrogens is 580 g/mol. The van der Waals surface area contributed by atoms with Crippen LogP contribution < -0.4 is 14.9 Å². The average Bonchev–Trinajstić information content (AvgIpc) is 3.00. The summed E-state index contributed by atoms with van der Waals surface area (Å²) in [5.41, 5.74) is 0.341. The summed E-state index contributed by atoms with van der Waals surface area (Å²) in [6, 6.07) is 14.3. The second-order valence-corrected chi connectivity index (χ2v) is 9.84. The Balaban J connectivity index is 1.37. The molecule has 0 bridgehead atoms. The van der Waals surface area contributed by atoms with E-state index in [1.54, 1.807) is 12.1 Å². The van der Waals surface area contributed by atoms with Crippen LogP contribution in [0.15, 0.2) is 76.0 Å². The number of aromatic hydroxyl groups is 3. The number of ether oxygens (including phenoxy) is 4. The van der Waals surface area contributed by atoms with E-state index in [0.29, 0.717) is 11.1 Å². The minimum atomic E-state index is -1.80. The molecule has 0 aliphatic carbocycles. The number of hydrogen-bond acceptors (Lipinski definition) is 13. The predicted octanol–water partition coefficient (Wildman–Crippen LogP) is 2.03. The molecule has 0 amide bonds. The Labute approximate surface area is 249 Å². The van der Waals surface area contributed by atoms with E-state index < -0.39 is 54.5 Å². The Kier molecular flexibility index (Phi) is 8.73. The van der Waals surface area contributed by atoms with Gasteiger partial charge in [0.1, 0.15) is 59.3 Å². The van der Waals surface area contributed by atoms with Gasteiger partial charge in [-0.05, 0) is 48.0 Å². The first kappa shape index (κ1) is 30.4. The number of benzene rings is 3. The molecule has 3 aromatic carbocycles. The summed E-state index contributed by atoms with van der Waals surface area (Å²) in [6.07, 6.45) is -5.71. The molecule has 0 spiro atoms. The third kappa shape index (κ3) is 6.31. The lowest BCUT2D eigenvalue weighted by Crippen LogP contribution is -2.60. The van der Waals surface area contributed by atoms with Crippen LogP contribution in [0.2, 0.25) is 0 Å². The van der Waals surface area contributed by atoms with Crippen molar-refractivity contribution in [3.05, 3.63) is 82.5 Å². The first-order valence-electron chi connectivity index (χ1n) is 13.2. The Hall–Kier alpha value is -5.08. The number of carbonyl (C=O) groups is 1. The van der Waals surface area contributed by atoms with Crippen LogP contribution in [-0.4, -0.2) is 81.0 Å². The Morgan fingerprint density at radius 2 is 1.57 bits per heavy atom. The number of carbonyl (C=O) groups excluding carboxylic acids is 1. The number of aliphatic hydroxyl groups excluding tert-OH is 3. The van der Waals surface area contributed by atoms with Gasteiger partial charge in [-0.3, -0.25) is 4.79 Å². The molecule has 0 radical (unpaired) electrons. The van der Waals surface area contributed by atoms with Crippen LogP contribution in [0.1, 0.15) is 5.56 Å². The molecule has 0 saturated carbocycles. The number of phenolic OH excluding ortho intramolecular Hbond substituents is 3. The first-order chi connectivity index (χ1) is 21.0. The molecule has 13 heteroatoms. The van der Waals surface area contributed by atoms with Crippen molar-refractivity contribution < 1.29 is 58.8 Å². The van der Waals surface area contributed by atoms with E-state index >= 15 is 0 Å². The van der Waals surface area contributed by atoms with E-state index in [0.717, 1.165) is 12.1 Å². The van der Waals surface area contributed by atoms with Crippen molar-refractivity contribution in [2.45, 2.75) is 30.7 Å². The number of phenols is 3. The SMILES string of the molecule is COc1c(O[C@H]2O[C@H](COC(=O)/C=C/c3ccc(O)cc3)[C@@H](O)[C@@H](O)[C@@H]2O)cc2oc(-c3ccc(O)cc3)cc(=O)c2c1O. The van der Waals surface area contributed by atoms with Gasteiger partial charge in [-0.15, -0.1) is 0 Å². The van der Waals surface area contributed by atoms with Crippen molar-refractivity contribution in [1.29, 1.82) is 0 Å². The van der Waals surface area contributed by atoms with Gasteiger partial charge < -0.3 is 54.0 Å². The van der Waals surface area contributed by atoms with Gasteiger partial charge >= 0.3 is 5.97 Å². The number of hydrogen-bond donors (Lipinski definition) is 6. The summed E-state index contributed by atoms with van der Waals surface area (Å²) in [4.78, 5) is 25.2. The second-order valence-electron chi connectivity index (χ2n) is 9.84. The predicted molar refractivity (Wildman–Crippen MR) is 153 cm³/mol. The van der Waals surface area contributed by atoms with Crippen LogP contribution in [0.4, 0.5) is 0 Å². The van der Waals surface area contributed by atoms with Crippen molar-refractivity contribution in [3.63, 3.8) is 0 Å². The van der Waals surface area contributed by atoms with E-state index in [1.165, 1.54) is 55.7 Å². The lowest BCUT2D eigenvalue weighted by atomic mass is 9.99. The number of rotatable bonds is 8. The molecule has 5 atom stereocenters. The highest BCUT2D eigenvalue weighted by Gasteiger charge is 2.46. The van der Waals surface area contributed by atoms with Gasteiger partial charge in [-0.25, -0.2) is 4.79 Å². The Bertz CT molecular complexity index is 1730. The molecule has 44 heavy (non-hydrogen) atoms. The fraction of sp³-hybridized carbons (Fsp3) is 0.226. The maximum Gasteiger partial charge on any atom is 0.330 e. The van der Waals surface area contributed by atoms with Gasteiger partial charge in [0, 0.05) is 23.8 Å². The minimum Gasteiger partial charge on any atom is -0.508 e. The van der Waals surface area contributed by atoms with Gasteiger partial charge in [0.25, 0.3) is 0 Å². The van der Waals surface area contributed by atoms with Crippen molar-refractivity contribution >= 4 is 23.0 Å². The highest BCUT2D eigenvalue weighted by molar-refractivity contribution is 5.89. The van der Waals surface area contributed by atoms with Crippen LogP contribution >= 0.6 is 0 Å². The highest BCUT2D eigenvalue weighted by atomic mass is 16.7. The largest absolute Gasteiger partial charge is 0.508 e. The molecule has 13 nitrogen and oxygen atoms in total. The Morgan fingerprint density at radius 1 is 0.909 bits per heavy atom. The molecule has 5 rings (SSSR count). The average molecular weight is 609 g/mol. The molecule has 1 saturated heterocycles. The second kappa shape index (κ2) is 12.7. The zero-order valence-corrected chi connectivity index (χ0v) is 23.1. The first-order valence-corrected chi connectivity index (χ1v) is 13.2. The maximum absolute atomic E-state index is 12.9. The van der Waals surface area contributed by atoms with E-state index in [2.05, 4.69) is 0 Å². The quantitative estimate of drug-likeness (QED) is 0.125. The van der Waals surface area contributed by atoms with Crippen LogP contribution in [0.3, 0.4) is 0 Å². The zero-order chi connectivity index (χ0) is 31.5. The summed E-state index contributed by atoms with van der Waals surface area (Å²) in [6.45, 7) is -0.533. The molecular formula is C31H28O13. The highest BCUT2D eigenvalue weighted by Crippen LogP contribution is 2.43. The summed E-state index contributed by atoms with van der Waals surface area (Å²) < 4.78 is 27.6. The van der Waals surface area contributed by atoms with Gasteiger partial charge in [-0.1, -0.05) is 12.1 Å². The molecule has 2 heterocycles. The molecule has 1 aromatic heterocycles. The summed E-state index contributed by atoms with van der Waals surface area (Å²) in [5, 5.41) is 61.1. The van der Waals surface area contributed by atoms with Crippen LogP contribution in [0.25, 0.3) is 28.4 Å². The number of aliphatic hydroxyl groups is 3. The van der Waals surface area contributed by atoms with Crippen LogP contribution in [0.5, 0.6) is 28.7 Å². The summed E-state index contributed by atoms with van der Waals surface area (Å²) in [7, 11) is 1.20. The van der Waals surface area contributed by atoms with Crippen LogP contribution in [-0.2, 0) is 14.3 Å². The van der Waals surface area contributed by atoms with E-state index in [1.807, 2.05) is 0 Å². The van der Waals surface area contributed by atoms with E-state index in [9.17, 15) is 40.2 Å². The maximum atomic E-state index is 12.9. The fourth-order valence-corrected chi connectivity index (χ4v) is 4.55.